The summed E-state index contributed by atoms with van der Waals surface area (Å²) in [6.07, 6.45) is 6.81. The molecule has 3 heterocycles. The number of likely N-dealkylation sites (N-methyl/N-ethyl adjacent to an activating group) is 1. The molecule has 0 amide bonds. The van der Waals surface area contributed by atoms with Crippen LogP contribution in [0.1, 0.15) is 27.9 Å². The Labute approximate surface area is 204 Å². The van der Waals surface area contributed by atoms with Crippen molar-refractivity contribution in [3.8, 4) is 11.5 Å². The van der Waals surface area contributed by atoms with Gasteiger partial charge in [-0.05, 0) is 56.3 Å². The van der Waals surface area contributed by atoms with E-state index in [0.717, 1.165) is 17.7 Å². The van der Waals surface area contributed by atoms with Gasteiger partial charge in [-0.2, -0.15) is 0 Å². The minimum atomic E-state index is -0.971. The third-order valence-electron chi connectivity index (χ3n) is 7.61. The number of esters is 1. The number of hydrogen-bond acceptors (Lipinski definition) is 7. The summed E-state index contributed by atoms with van der Waals surface area (Å²) in [6.45, 7) is 0.813. The van der Waals surface area contributed by atoms with Crippen molar-refractivity contribution in [2.24, 2.45) is 0 Å². The van der Waals surface area contributed by atoms with Gasteiger partial charge in [-0.1, -0.05) is 12.1 Å². The number of aliphatic hydroxyl groups is 1. The van der Waals surface area contributed by atoms with Gasteiger partial charge in [-0.3, -0.25) is 9.88 Å². The average Bonchev–Trinajstić information content (AvgIpc) is 3.15. The Kier molecular flexibility index (Phi) is 5.90. The number of likely N-dealkylation sites (tertiary alicyclic amines) is 1. The number of rotatable bonds is 3. The molecule has 33 heavy (non-hydrogen) atoms. The number of carbonyl (C=O) groups is 1. The Morgan fingerprint density at radius 3 is 2.85 bits per heavy atom. The van der Waals surface area contributed by atoms with Crippen molar-refractivity contribution in [2.45, 2.75) is 42.1 Å². The lowest BCUT2D eigenvalue weighted by Gasteiger charge is -2.62. The molecule has 0 radical (unpaired) electrons. The molecule has 4 aliphatic rings. The number of nitrogens with zero attached hydrogens (tertiary/aromatic N) is 2. The van der Waals surface area contributed by atoms with Gasteiger partial charge < -0.3 is 19.3 Å². The number of halogens is 2. The van der Waals surface area contributed by atoms with Crippen LogP contribution in [0.15, 0.2) is 48.8 Å². The van der Waals surface area contributed by atoms with Crippen molar-refractivity contribution in [2.75, 3.05) is 20.7 Å². The van der Waals surface area contributed by atoms with E-state index in [1.807, 2.05) is 12.1 Å². The van der Waals surface area contributed by atoms with E-state index >= 15 is 0 Å². The van der Waals surface area contributed by atoms with Gasteiger partial charge in [0.25, 0.3) is 0 Å². The first-order valence-corrected chi connectivity index (χ1v) is 10.6. The number of aromatic nitrogens is 1. The Hall–Kier alpha value is -2.32. The maximum absolute atomic E-state index is 13.3. The summed E-state index contributed by atoms with van der Waals surface area (Å²) >= 11 is 0. The fourth-order valence-corrected chi connectivity index (χ4v) is 6.29. The summed E-state index contributed by atoms with van der Waals surface area (Å²) < 4.78 is 18.5. The maximum Gasteiger partial charge on any atom is 0.340 e. The first-order valence-electron chi connectivity index (χ1n) is 10.6. The van der Waals surface area contributed by atoms with Gasteiger partial charge in [0.2, 0.25) is 0 Å². The van der Waals surface area contributed by atoms with E-state index in [2.05, 4.69) is 23.0 Å². The van der Waals surface area contributed by atoms with Crippen LogP contribution in [0.3, 0.4) is 0 Å². The van der Waals surface area contributed by atoms with Crippen LogP contribution >= 0.6 is 24.8 Å². The summed E-state index contributed by atoms with van der Waals surface area (Å²) in [7, 11) is 3.68. The molecule has 7 nitrogen and oxygen atoms in total. The largest absolute Gasteiger partial charge is 0.493 e. The fraction of sp³-hybridized carbons (Fsp3) is 0.417. The molecule has 2 aromatic rings. The lowest BCUT2D eigenvalue weighted by Crippen LogP contribution is -2.76. The minimum absolute atomic E-state index is 0. The monoisotopic (exact) mass is 492 g/mol. The van der Waals surface area contributed by atoms with Crippen LogP contribution in [0, 0.1) is 0 Å². The number of aliphatic hydroxyl groups excluding tert-OH is 1. The molecule has 5 atom stereocenters. The number of carbonyl (C=O) groups excluding carboxylic acids is 1. The van der Waals surface area contributed by atoms with Crippen molar-refractivity contribution in [1.82, 2.24) is 9.88 Å². The molecule has 0 unspecified atom stereocenters. The molecule has 1 fully saturated rings. The molecule has 1 aromatic carbocycles. The first-order chi connectivity index (χ1) is 15.0. The van der Waals surface area contributed by atoms with Crippen LogP contribution in [0.4, 0.5) is 0 Å². The average molecular weight is 493 g/mol. The first kappa shape index (κ1) is 23.8. The van der Waals surface area contributed by atoms with Crippen LogP contribution in [-0.2, 0) is 16.6 Å². The normalized spacial score (nSPS) is 32.5. The highest BCUT2D eigenvalue weighted by Crippen LogP contribution is 2.65. The molecule has 1 saturated heterocycles. The zero-order chi connectivity index (χ0) is 21.4. The van der Waals surface area contributed by atoms with Crippen molar-refractivity contribution >= 4 is 30.8 Å². The number of hydrogen-bond donors (Lipinski definition) is 1. The smallest absolute Gasteiger partial charge is 0.340 e. The summed E-state index contributed by atoms with van der Waals surface area (Å²) in [5.41, 5.74) is 0.921. The van der Waals surface area contributed by atoms with Gasteiger partial charge in [-0.15, -0.1) is 24.8 Å². The van der Waals surface area contributed by atoms with E-state index in [4.69, 9.17) is 14.2 Å². The van der Waals surface area contributed by atoms with E-state index in [9.17, 15) is 9.90 Å². The number of benzene rings is 1. The molecule has 1 spiro atoms. The molecule has 9 heteroatoms. The fourth-order valence-electron chi connectivity index (χ4n) is 6.29. The summed E-state index contributed by atoms with van der Waals surface area (Å²) in [6, 6.07) is 7.35. The number of piperidine rings is 1. The second-order valence-electron chi connectivity index (χ2n) is 8.87. The Bertz CT molecular complexity index is 1110. The summed E-state index contributed by atoms with van der Waals surface area (Å²) in [5.74, 6) is 0.879. The molecular weight excluding hydrogens is 467 g/mol. The van der Waals surface area contributed by atoms with Gasteiger partial charge in [0.15, 0.2) is 17.1 Å². The van der Waals surface area contributed by atoms with Crippen LogP contribution in [0.2, 0.25) is 0 Å². The lowest BCUT2D eigenvalue weighted by molar-refractivity contribution is -0.155. The van der Waals surface area contributed by atoms with Crippen LogP contribution < -0.4 is 9.47 Å². The van der Waals surface area contributed by atoms with E-state index < -0.39 is 29.2 Å². The van der Waals surface area contributed by atoms with Crippen molar-refractivity contribution < 1.29 is 24.1 Å². The maximum atomic E-state index is 13.3. The second kappa shape index (κ2) is 8.17. The summed E-state index contributed by atoms with van der Waals surface area (Å²) in [5, 5.41) is 11.0. The summed E-state index contributed by atoms with van der Waals surface area (Å²) in [4.78, 5) is 19.6. The topological polar surface area (TPSA) is 81.1 Å². The second-order valence-corrected chi connectivity index (χ2v) is 8.87. The zero-order valence-corrected chi connectivity index (χ0v) is 19.9. The zero-order valence-electron chi connectivity index (χ0n) is 18.3. The van der Waals surface area contributed by atoms with Crippen molar-refractivity contribution in [3.05, 3.63) is 65.5 Å². The number of pyridine rings is 1. The predicted octanol–water partition coefficient (Wildman–Crippen LogP) is 2.72. The van der Waals surface area contributed by atoms with E-state index in [-0.39, 0.29) is 30.9 Å². The highest BCUT2D eigenvalue weighted by molar-refractivity contribution is 5.90. The Balaban J connectivity index is 0.00000130. The van der Waals surface area contributed by atoms with E-state index in [0.29, 0.717) is 29.9 Å². The molecule has 2 aliphatic heterocycles. The standard InChI is InChI=1S/C24H24N2O5.2ClH/c1-26-11-9-23-19-14-5-6-17(29-2)20(19)30-21(23)16(27)7-8-24(23,18(26)12-14)31-22(28)15-4-3-10-25-13-15;;/h3-8,10,13,16,18,21,27H,9,11-12H2,1-2H3;2*1H/t16-,18+,21-,23-,24+;;/m0../s1. The molecule has 176 valence electrons. The molecule has 2 bridgehead atoms. The molecule has 2 aliphatic carbocycles. The predicted molar refractivity (Wildman–Crippen MR) is 126 cm³/mol. The molecular formula is C24H26Cl2N2O5. The third-order valence-corrected chi connectivity index (χ3v) is 7.61. The van der Waals surface area contributed by atoms with Gasteiger partial charge >= 0.3 is 5.97 Å². The molecule has 1 N–H and O–H groups in total. The van der Waals surface area contributed by atoms with E-state index in [1.165, 1.54) is 6.20 Å². The third kappa shape index (κ3) is 2.89. The SMILES string of the molecule is COc1ccc2c3c1O[C@H]1[C@@H](O)C=C[C@@]4(OC(=O)c5cccnc5)[C@@H](C2)N(C)CC[C@]314.Cl.Cl. The molecule has 1 aromatic heterocycles. The number of ether oxygens (including phenoxy) is 3. The van der Waals surface area contributed by atoms with Crippen molar-refractivity contribution in [1.29, 1.82) is 0 Å². The highest BCUT2D eigenvalue weighted by Gasteiger charge is 2.73. The van der Waals surface area contributed by atoms with Gasteiger partial charge in [0, 0.05) is 18.0 Å². The van der Waals surface area contributed by atoms with E-state index in [1.54, 1.807) is 31.5 Å². The molecule has 0 saturated carbocycles. The minimum Gasteiger partial charge on any atom is -0.493 e. The lowest BCUT2D eigenvalue weighted by atomic mass is 9.50. The van der Waals surface area contributed by atoms with Gasteiger partial charge in [0.05, 0.1) is 24.1 Å². The molecule has 6 rings (SSSR count). The Morgan fingerprint density at radius 2 is 2.12 bits per heavy atom. The van der Waals surface area contributed by atoms with Crippen LogP contribution in [0.25, 0.3) is 0 Å². The quantitative estimate of drug-likeness (QED) is 0.520. The van der Waals surface area contributed by atoms with Crippen LogP contribution in [-0.4, -0.2) is 65.5 Å². The highest BCUT2D eigenvalue weighted by atomic mass is 35.5. The van der Waals surface area contributed by atoms with Crippen LogP contribution in [0.5, 0.6) is 11.5 Å². The Morgan fingerprint density at radius 1 is 1.30 bits per heavy atom. The van der Waals surface area contributed by atoms with Crippen molar-refractivity contribution in [3.63, 3.8) is 0 Å². The van der Waals surface area contributed by atoms with Gasteiger partial charge in [-0.25, -0.2) is 4.79 Å². The van der Waals surface area contributed by atoms with Gasteiger partial charge in [0.1, 0.15) is 12.2 Å². The number of methoxy groups -OCH3 is 1.